The molecule has 0 atom stereocenters. The topological polar surface area (TPSA) is 12.9 Å². The average Bonchev–Trinajstić information content (AvgIpc) is 2.67. The van der Waals surface area contributed by atoms with Gasteiger partial charge in [0.1, 0.15) is 0 Å². The summed E-state index contributed by atoms with van der Waals surface area (Å²) in [5.74, 6) is 2.79. The Kier molecular flexibility index (Phi) is 4.45. The SMILES string of the molecule is Cl.Clc1ccc2nc(C34CC5CC(CC(C5)C3)C4)cc(-c3ccccc3)c2c1. The molecule has 3 aromatic rings. The number of nitrogens with zero attached hydrogens (tertiary/aromatic N) is 1. The Labute approximate surface area is 177 Å². The molecule has 144 valence electrons. The van der Waals surface area contributed by atoms with Gasteiger partial charge < -0.3 is 0 Å². The summed E-state index contributed by atoms with van der Waals surface area (Å²) in [5.41, 5.74) is 5.29. The van der Waals surface area contributed by atoms with Crippen molar-refractivity contribution in [3.05, 3.63) is 65.3 Å². The third-order valence-electron chi connectivity index (χ3n) is 7.44. The van der Waals surface area contributed by atoms with Crippen molar-refractivity contribution in [2.75, 3.05) is 0 Å². The summed E-state index contributed by atoms with van der Waals surface area (Å²) in [6, 6.07) is 19.3. The van der Waals surface area contributed by atoms with Crippen molar-refractivity contribution in [2.24, 2.45) is 17.8 Å². The van der Waals surface area contributed by atoms with Crippen LogP contribution in [0.4, 0.5) is 0 Å². The van der Waals surface area contributed by atoms with E-state index in [0.29, 0.717) is 5.41 Å². The fourth-order valence-corrected chi connectivity index (χ4v) is 6.92. The zero-order valence-corrected chi connectivity index (χ0v) is 17.5. The van der Waals surface area contributed by atoms with Crippen molar-refractivity contribution in [1.29, 1.82) is 0 Å². The molecule has 4 saturated carbocycles. The maximum absolute atomic E-state index is 6.35. The van der Waals surface area contributed by atoms with Gasteiger partial charge in [0.15, 0.2) is 0 Å². The van der Waals surface area contributed by atoms with Crippen LogP contribution < -0.4 is 0 Å². The Balaban J connectivity index is 0.00000171. The first kappa shape index (κ1) is 18.5. The number of rotatable bonds is 2. The zero-order valence-electron chi connectivity index (χ0n) is 15.9. The predicted molar refractivity (Wildman–Crippen MR) is 119 cm³/mol. The number of hydrogen-bond acceptors (Lipinski definition) is 1. The molecule has 1 aromatic heterocycles. The molecule has 2 aromatic carbocycles. The molecule has 4 fully saturated rings. The molecule has 0 spiro atoms. The Hall–Kier alpha value is -1.57. The molecule has 4 aliphatic rings. The van der Waals surface area contributed by atoms with E-state index in [9.17, 15) is 0 Å². The summed E-state index contributed by atoms with van der Waals surface area (Å²) < 4.78 is 0. The van der Waals surface area contributed by atoms with Crippen LogP contribution >= 0.6 is 24.0 Å². The van der Waals surface area contributed by atoms with Crippen LogP contribution in [0.1, 0.15) is 44.2 Å². The van der Waals surface area contributed by atoms with E-state index in [1.54, 1.807) is 0 Å². The third-order valence-corrected chi connectivity index (χ3v) is 7.67. The summed E-state index contributed by atoms with van der Waals surface area (Å²) in [5, 5.41) is 1.95. The van der Waals surface area contributed by atoms with Gasteiger partial charge in [0.25, 0.3) is 0 Å². The van der Waals surface area contributed by atoms with E-state index < -0.39 is 0 Å². The zero-order chi connectivity index (χ0) is 18.0. The van der Waals surface area contributed by atoms with Crippen LogP contribution in [0.2, 0.25) is 5.02 Å². The first-order valence-corrected chi connectivity index (χ1v) is 10.7. The van der Waals surface area contributed by atoms with Gasteiger partial charge in [0, 0.05) is 21.5 Å². The van der Waals surface area contributed by atoms with Crippen LogP contribution in [-0.4, -0.2) is 4.98 Å². The van der Waals surface area contributed by atoms with E-state index in [4.69, 9.17) is 16.6 Å². The second-order valence-corrected chi connectivity index (χ2v) is 9.72. The largest absolute Gasteiger partial charge is 0.252 e. The lowest BCUT2D eigenvalue weighted by atomic mass is 9.48. The predicted octanol–water partition coefficient (Wildman–Crippen LogP) is 7.44. The third kappa shape index (κ3) is 2.86. The van der Waals surface area contributed by atoms with Gasteiger partial charge in [-0.15, -0.1) is 12.4 Å². The molecule has 0 aliphatic heterocycles. The molecule has 4 bridgehead atoms. The Morgan fingerprint density at radius 3 is 2.11 bits per heavy atom. The first-order valence-electron chi connectivity index (χ1n) is 10.3. The van der Waals surface area contributed by atoms with Gasteiger partial charge in [0.2, 0.25) is 0 Å². The van der Waals surface area contributed by atoms with E-state index in [1.165, 1.54) is 60.7 Å². The number of hydrogen-bond donors (Lipinski definition) is 0. The minimum atomic E-state index is 0. The molecular formula is C25H25Cl2N. The Morgan fingerprint density at radius 1 is 0.821 bits per heavy atom. The molecule has 0 N–H and O–H groups in total. The first-order chi connectivity index (χ1) is 13.2. The maximum Gasteiger partial charge on any atom is 0.0712 e. The lowest BCUT2D eigenvalue weighted by Crippen LogP contribution is -2.48. The Bertz CT molecular complexity index is 992. The highest BCUT2D eigenvalue weighted by Gasteiger charge is 2.52. The molecular weight excluding hydrogens is 385 g/mol. The van der Waals surface area contributed by atoms with Gasteiger partial charge in [0.05, 0.1) is 5.52 Å². The highest BCUT2D eigenvalue weighted by Crippen LogP contribution is 2.60. The van der Waals surface area contributed by atoms with Gasteiger partial charge >= 0.3 is 0 Å². The molecule has 7 rings (SSSR count). The number of halogens is 2. The maximum atomic E-state index is 6.35. The van der Waals surface area contributed by atoms with Crippen LogP contribution in [0.3, 0.4) is 0 Å². The van der Waals surface area contributed by atoms with E-state index in [2.05, 4.69) is 48.5 Å². The van der Waals surface area contributed by atoms with E-state index in [1.807, 2.05) is 6.07 Å². The Morgan fingerprint density at radius 2 is 1.46 bits per heavy atom. The quantitative estimate of drug-likeness (QED) is 0.428. The minimum Gasteiger partial charge on any atom is -0.252 e. The van der Waals surface area contributed by atoms with Crippen LogP contribution in [0, 0.1) is 17.8 Å². The fourth-order valence-electron chi connectivity index (χ4n) is 6.75. The van der Waals surface area contributed by atoms with Crippen LogP contribution in [0.15, 0.2) is 54.6 Å². The van der Waals surface area contributed by atoms with Gasteiger partial charge in [-0.2, -0.15) is 0 Å². The van der Waals surface area contributed by atoms with Gasteiger partial charge in [-0.1, -0.05) is 41.9 Å². The summed E-state index contributed by atoms with van der Waals surface area (Å²) >= 11 is 6.35. The second-order valence-electron chi connectivity index (χ2n) is 9.28. The van der Waals surface area contributed by atoms with E-state index in [-0.39, 0.29) is 12.4 Å². The molecule has 0 saturated heterocycles. The molecule has 0 radical (unpaired) electrons. The summed E-state index contributed by atoms with van der Waals surface area (Å²) in [4.78, 5) is 5.23. The van der Waals surface area contributed by atoms with Crippen molar-refractivity contribution in [1.82, 2.24) is 4.98 Å². The molecule has 28 heavy (non-hydrogen) atoms. The van der Waals surface area contributed by atoms with E-state index >= 15 is 0 Å². The summed E-state index contributed by atoms with van der Waals surface area (Å²) in [6.45, 7) is 0. The van der Waals surface area contributed by atoms with Crippen molar-refractivity contribution in [3.8, 4) is 11.1 Å². The van der Waals surface area contributed by atoms with Crippen LogP contribution in [-0.2, 0) is 5.41 Å². The van der Waals surface area contributed by atoms with Crippen LogP contribution in [0.25, 0.3) is 22.0 Å². The van der Waals surface area contributed by atoms with E-state index in [0.717, 1.165) is 28.3 Å². The van der Waals surface area contributed by atoms with Crippen molar-refractivity contribution < 1.29 is 0 Å². The lowest BCUT2D eigenvalue weighted by molar-refractivity contribution is -0.00703. The molecule has 3 heteroatoms. The molecule has 1 nitrogen and oxygen atoms in total. The molecule has 0 unspecified atom stereocenters. The number of pyridine rings is 1. The normalized spacial score (nSPS) is 30.4. The summed E-state index contributed by atoms with van der Waals surface area (Å²) in [6.07, 6.45) is 8.44. The summed E-state index contributed by atoms with van der Waals surface area (Å²) in [7, 11) is 0. The number of benzene rings is 2. The number of aromatic nitrogens is 1. The second kappa shape index (κ2) is 6.75. The van der Waals surface area contributed by atoms with Crippen molar-refractivity contribution in [3.63, 3.8) is 0 Å². The van der Waals surface area contributed by atoms with Crippen molar-refractivity contribution >= 4 is 34.9 Å². The highest BCUT2D eigenvalue weighted by atomic mass is 35.5. The molecule has 0 amide bonds. The smallest absolute Gasteiger partial charge is 0.0712 e. The van der Waals surface area contributed by atoms with Crippen LogP contribution in [0.5, 0.6) is 0 Å². The van der Waals surface area contributed by atoms with Gasteiger partial charge in [-0.05, 0) is 91.7 Å². The monoisotopic (exact) mass is 409 g/mol. The highest BCUT2D eigenvalue weighted by molar-refractivity contribution is 6.31. The minimum absolute atomic E-state index is 0. The average molecular weight is 410 g/mol. The van der Waals surface area contributed by atoms with Crippen molar-refractivity contribution in [2.45, 2.75) is 43.9 Å². The lowest BCUT2D eigenvalue weighted by Gasteiger charge is -2.56. The van der Waals surface area contributed by atoms with Gasteiger partial charge in [-0.3, -0.25) is 4.98 Å². The van der Waals surface area contributed by atoms with Gasteiger partial charge in [-0.25, -0.2) is 0 Å². The fraction of sp³-hybridized carbons (Fsp3) is 0.400. The number of fused-ring (bicyclic) bond motifs is 1. The molecule has 1 heterocycles. The standard InChI is InChI=1S/C25H24ClN.ClH/c26-20-6-7-23-22(11-20)21(19-4-2-1-3-5-19)12-24(27-23)25-13-16-8-17(14-25)10-18(9-16)15-25;/h1-7,11-12,16-18H,8-10,13-15H2;1H. The molecule has 4 aliphatic carbocycles.